The van der Waals surface area contributed by atoms with Crippen molar-refractivity contribution < 1.29 is 22.4 Å². The van der Waals surface area contributed by atoms with Crippen molar-refractivity contribution >= 4 is 0 Å². The van der Waals surface area contributed by atoms with Crippen molar-refractivity contribution in [1.82, 2.24) is 25.1 Å². The molecule has 0 amide bonds. The highest BCUT2D eigenvalue weighted by molar-refractivity contribution is 5.54. The van der Waals surface area contributed by atoms with Gasteiger partial charge in [0.15, 0.2) is 0 Å². The molecule has 0 aliphatic carbocycles. The number of ether oxygens (including phenoxy) is 1. The SMILES string of the molecule is CCOCc1cn(Cc2ccc(-c3noc(C(F)(F)F)n3)cc2)nn1. The maximum atomic E-state index is 12.5. The third-order valence-corrected chi connectivity index (χ3v) is 3.27. The monoisotopic (exact) mass is 353 g/mol. The van der Waals surface area contributed by atoms with Gasteiger partial charge in [-0.3, -0.25) is 0 Å². The lowest BCUT2D eigenvalue weighted by molar-refractivity contribution is -0.159. The van der Waals surface area contributed by atoms with Gasteiger partial charge in [-0.1, -0.05) is 34.6 Å². The van der Waals surface area contributed by atoms with E-state index in [1.54, 1.807) is 35.1 Å². The van der Waals surface area contributed by atoms with E-state index in [0.717, 1.165) is 11.3 Å². The number of hydrogen-bond donors (Lipinski definition) is 0. The highest BCUT2D eigenvalue weighted by Gasteiger charge is 2.38. The van der Waals surface area contributed by atoms with E-state index in [0.29, 0.717) is 25.3 Å². The summed E-state index contributed by atoms with van der Waals surface area (Å²) in [5.74, 6) is -1.48. The molecule has 0 aliphatic rings. The molecule has 2 heterocycles. The second kappa shape index (κ2) is 7.01. The molecule has 1 aromatic carbocycles. The molecule has 3 aromatic rings. The van der Waals surface area contributed by atoms with Gasteiger partial charge in [0, 0.05) is 12.2 Å². The number of halogens is 3. The third-order valence-electron chi connectivity index (χ3n) is 3.27. The van der Waals surface area contributed by atoms with Crippen molar-refractivity contribution in [3.8, 4) is 11.4 Å². The highest BCUT2D eigenvalue weighted by atomic mass is 19.4. The van der Waals surface area contributed by atoms with Gasteiger partial charge >= 0.3 is 12.1 Å². The maximum absolute atomic E-state index is 12.5. The molecule has 0 saturated heterocycles. The summed E-state index contributed by atoms with van der Waals surface area (Å²) in [6.45, 7) is 3.36. The van der Waals surface area contributed by atoms with Crippen LogP contribution in [-0.2, 0) is 24.1 Å². The van der Waals surface area contributed by atoms with Crippen LogP contribution >= 0.6 is 0 Å². The molecule has 10 heteroatoms. The van der Waals surface area contributed by atoms with Gasteiger partial charge in [-0.2, -0.15) is 18.2 Å². The van der Waals surface area contributed by atoms with Crippen molar-refractivity contribution in [2.45, 2.75) is 26.3 Å². The summed E-state index contributed by atoms with van der Waals surface area (Å²) in [5, 5.41) is 11.3. The van der Waals surface area contributed by atoms with Gasteiger partial charge in [0.05, 0.1) is 19.3 Å². The van der Waals surface area contributed by atoms with Crippen molar-refractivity contribution in [3.05, 3.63) is 47.6 Å². The number of aromatic nitrogens is 5. The van der Waals surface area contributed by atoms with Gasteiger partial charge in [-0.15, -0.1) is 5.10 Å². The van der Waals surface area contributed by atoms with Crippen LogP contribution in [0.25, 0.3) is 11.4 Å². The van der Waals surface area contributed by atoms with E-state index in [-0.39, 0.29) is 5.82 Å². The van der Waals surface area contributed by atoms with Crippen LogP contribution in [-0.4, -0.2) is 31.7 Å². The van der Waals surface area contributed by atoms with Gasteiger partial charge in [-0.05, 0) is 12.5 Å². The van der Waals surface area contributed by atoms with E-state index in [1.807, 2.05) is 6.92 Å². The highest BCUT2D eigenvalue weighted by Crippen LogP contribution is 2.29. The van der Waals surface area contributed by atoms with E-state index >= 15 is 0 Å². The standard InChI is InChI=1S/C15H14F3N5O2/c1-2-24-9-12-8-23(22-20-12)7-10-3-5-11(6-4-10)13-19-14(25-21-13)15(16,17)18/h3-6,8H,2,7,9H2,1H3. The van der Waals surface area contributed by atoms with Crippen molar-refractivity contribution in [3.63, 3.8) is 0 Å². The smallest absolute Gasteiger partial charge is 0.375 e. The summed E-state index contributed by atoms with van der Waals surface area (Å²) in [6, 6.07) is 6.75. The fourth-order valence-corrected chi connectivity index (χ4v) is 2.09. The van der Waals surface area contributed by atoms with Gasteiger partial charge < -0.3 is 9.26 Å². The Balaban J connectivity index is 1.68. The Morgan fingerprint density at radius 3 is 2.60 bits per heavy atom. The Bertz CT molecular complexity index is 826. The Labute approximate surface area is 140 Å². The predicted molar refractivity (Wildman–Crippen MR) is 79.2 cm³/mol. The first-order valence-electron chi connectivity index (χ1n) is 7.42. The summed E-state index contributed by atoms with van der Waals surface area (Å²) in [4.78, 5) is 3.35. The second-order valence-electron chi connectivity index (χ2n) is 5.16. The van der Waals surface area contributed by atoms with Gasteiger partial charge in [0.2, 0.25) is 5.82 Å². The fourth-order valence-electron chi connectivity index (χ4n) is 2.09. The average molecular weight is 353 g/mol. The number of hydrogen-bond acceptors (Lipinski definition) is 6. The number of benzene rings is 1. The van der Waals surface area contributed by atoms with Gasteiger partial charge in [0.1, 0.15) is 5.69 Å². The van der Waals surface area contributed by atoms with Crippen LogP contribution in [0.5, 0.6) is 0 Å². The lowest BCUT2D eigenvalue weighted by Gasteiger charge is -2.02. The van der Waals surface area contributed by atoms with Crippen LogP contribution in [0.2, 0.25) is 0 Å². The molecule has 0 radical (unpaired) electrons. The molecule has 0 bridgehead atoms. The van der Waals surface area contributed by atoms with Gasteiger partial charge in [0.25, 0.3) is 0 Å². The molecular weight excluding hydrogens is 339 g/mol. The summed E-state index contributed by atoms with van der Waals surface area (Å²) in [7, 11) is 0. The molecule has 2 aromatic heterocycles. The zero-order valence-electron chi connectivity index (χ0n) is 13.2. The summed E-state index contributed by atoms with van der Waals surface area (Å²) in [5.41, 5.74) is 2.06. The lowest BCUT2D eigenvalue weighted by Crippen LogP contribution is -2.04. The second-order valence-corrected chi connectivity index (χ2v) is 5.16. The first-order chi connectivity index (χ1) is 12.0. The Morgan fingerprint density at radius 1 is 1.20 bits per heavy atom. The zero-order valence-corrected chi connectivity index (χ0v) is 13.2. The Morgan fingerprint density at radius 2 is 1.96 bits per heavy atom. The quantitative estimate of drug-likeness (QED) is 0.678. The summed E-state index contributed by atoms with van der Waals surface area (Å²) in [6.07, 6.45) is -2.88. The van der Waals surface area contributed by atoms with Crippen LogP contribution in [0.15, 0.2) is 35.0 Å². The molecule has 0 N–H and O–H groups in total. The van der Waals surface area contributed by atoms with E-state index in [4.69, 9.17) is 4.74 Å². The van der Waals surface area contributed by atoms with Crippen LogP contribution in [0.3, 0.4) is 0 Å². The molecule has 132 valence electrons. The van der Waals surface area contributed by atoms with Crippen LogP contribution in [0.1, 0.15) is 24.1 Å². The number of rotatable bonds is 6. The van der Waals surface area contributed by atoms with E-state index in [2.05, 4.69) is 25.0 Å². The van der Waals surface area contributed by atoms with E-state index in [9.17, 15) is 13.2 Å². The molecule has 0 fully saturated rings. The maximum Gasteiger partial charge on any atom is 0.471 e. The minimum atomic E-state index is -4.66. The molecule has 0 spiro atoms. The minimum absolute atomic E-state index is 0.112. The topological polar surface area (TPSA) is 78.9 Å². The Kier molecular flexibility index (Phi) is 4.79. The summed E-state index contributed by atoms with van der Waals surface area (Å²) >= 11 is 0. The normalized spacial score (nSPS) is 11.8. The van der Waals surface area contributed by atoms with Crippen LogP contribution < -0.4 is 0 Å². The molecule has 25 heavy (non-hydrogen) atoms. The fraction of sp³-hybridized carbons (Fsp3) is 0.333. The largest absolute Gasteiger partial charge is 0.471 e. The Hall–Kier alpha value is -2.75. The van der Waals surface area contributed by atoms with Gasteiger partial charge in [-0.25, -0.2) is 4.68 Å². The van der Waals surface area contributed by atoms with Crippen LogP contribution in [0, 0.1) is 0 Å². The van der Waals surface area contributed by atoms with Crippen molar-refractivity contribution in [1.29, 1.82) is 0 Å². The molecule has 0 atom stereocenters. The molecular formula is C15H14F3N5O2. The summed E-state index contributed by atoms with van der Waals surface area (Å²) < 4.78 is 48.6. The van der Waals surface area contributed by atoms with Crippen LogP contribution in [0.4, 0.5) is 13.2 Å². The average Bonchev–Trinajstić information content (AvgIpc) is 3.23. The zero-order chi connectivity index (χ0) is 17.9. The first-order valence-corrected chi connectivity index (χ1v) is 7.42. The molecule has 0 saturated carbocycles. The molecule has 0 aliphatic heterocycles. The number of nitrogens with zero attached hydrogens (tertiary/aromatic N) is 5. The number of alkyl halides is 3. The molecule has 0 unspecified atom stereocenters. The predicted octanol–water partition coefficient (Wildman–Crippen LogP) is 2.93. The minimum Gasteiger partial charge on any atom is -0.375 e. The van der Waals surface area contributed by atoms with Crippen molar-refractivity contribution in [2.24, 2.45) is 0 Å². The third kappa shape index (κ3) is 4.21. The first kappa shape index (κ1) is 17.1. The van der Waals surface area contributed by atoms with E-state index in [1.165, 1.54) is 0 Å². The molecule has 7 nitrogen and oxygen atoms in total. The molecule has 3 rings (SSSR count). The lowest BCUT2D eigenvalue weighted by atomic mass is 10.1. The van der Waals surface area contributed by atoms with Crippen molar-refractivity contribution in [2.75, 3.05) is 6.61 Å². The van der Waals surface area contributed by atoms with E-state index < -0.39 is 12.1 Å².